The van der Waals surface area contributed by atoms with Crippen LogP contribution in [0, 0.1) is 0 Å². The number of hydrogen-bond acceptors (Lipinski definition) is 4. The van der Waals surface area contributed by atoms with Crippen molar-refractivity contribution >= 4 is 29.1 Å². The zero-order valence-electron chi connectivity index (χ0n) is 16.6. The molecule has 1 N–H and O–H groups in total. The maximum Gasteiger partial charge on any atom is 0.335 e. The van der Waals surface area contributed by atoms with Crippen LogP contribution in [0.4, 0.5) is 0 Å². The van der Waals surface area contributed by atoms with E-state index in [0.29, 0.717) is 11.3 Å². The predicted octanol–water partition coefficient (Wildman–Crippen LogP) is 5.99. The SMILES string of the molecule is COc1ccc(C=Cc2c(-c3ccc(OC)cc3)oc3ccc(C(=O)O)cc23)cc1. The fraction of sp³-hybridized carbons (Fsp3) is 0.0800. The third-order valence-electron chi connectivity index (χ3n) is 4.88. The second-order valence-electron chi connectivity index (χ2n) is 6.70. The number of rotatable bonds is 6. The lowest BCUT2D eigenvalue weighted by Gasteiger charge is -2.03. The lowest BCUT2D eigenvalue weighted by atomic mass is 10.0. The molecule has 1 aromatic heterocycles. The number of carboxylic acids is 1. The van der Waals surface area contributed by atoms with E-state index in [1.165, 1.54) is 0 Å². The number of carbonyl (C=O) groups is 1. The molecule has 0 unspecified atom stereocenters. The van der Waals surface area contributed by atoms with Crippen molar-refractivity contribution in [2.24, 2.45) is 0 Å². The molecule has 0 atom stereocenters. The Morgan fingerprint density at radius 3 is 2.10 bits per heavy atom. The molecule has 150 valence electrons. The van der Waals surface area contributed by atoms with Gasteiger partial charge in [0.2, 0.25) is 0 Å². The molecule has 5 nitrogen and oxygen atoms in total. The van der Waals surface area contributed by atoms with Gasteiger partial charge in [0.25, 0.3) is 0 Å². The standard InChI is InChI=1S/C25H20O5/c1-28-19-9-3-16(4-10-19)5-13-21-22-15-18(25(26)27)8-14-23(22)30-24(21)17-6-11-20(29-2)12-7-17/h3-15H,1-2H3,(H,26,27). The third-order valence-corrected chi connectivity index (χ3v) is 4.88. The summed E-state index contributed by atoms with van der Waals surface area (Å²) >= 11 is 0. The number of carboxylic acid groups (broad SMARTS) is 1. The van der Waals surface area contributed by atoms with Crippen molar-refractivity contribution in [3.05, 3.63) is 83.4 Å². The van der Waals surface area contributed by atoms with Crippen LogP contribution in [0.1, 0.15) is 21.5 Å². The van der Waals surface area contributed by atoms with Crippen molar-refractivity contribution in [1.82, 2.24) is 0 Å². The first kappa shape index (κ1) is 19.3. The molecule has 0 saturated heterocycles. The summed E-state index contributed by atoms with van der Waals surface area (Å²) in [6, 6.07) is 20.1. The third kappa shape index (κ3) is 3.78. The molecule has 1 heterocycles. The average molecular weight is 400 g/mol. The second-order valence-corrected chi connectivity index (χ2v) is 6.70. The van der Waals surface area contributed by atoms with E-state index in [2.05, 4.69) is 0 Å². The van der Waals surface area contributed by atoms with Gasteiger partial charge in [0, 0.05) is 16.5 Å². The number of aromatic carboxylic acids is 1. The maximum absolute atomic E-state index is 11.5. The van der Waals surface area contributed by atoms with E-state index >= 15 is 0 Å². The van der Waals surface area contributed by atoms with Crippen molar-refractivity contribution in [2.45, 2.75) is 0 Å². The Kier molecular flexibility index (Phi) is 5.26. The zero-order valence-corrected chi connectivity index (χ0v) is 16.6. The minimum absolute atomic E-state index is 0.212. The number of hydrogen-bond donors (Lipinski definition) is 1. The summed E-state index contributed by atoms with van der Waals surface area (Å²) in [4.78, 5) is 11.5. The topological polar surface area (TPSA) is 68.9 Å². The lowest BCUT2D eigenvalue weighted by molar-refractivity contribution is 0.0697. The Morgan fingerprint density at radius 2 is 1.50 bits per heavy atom. The number of methoxy groups -OCH3 is 2. The van der Waals surface area contributed by atoms with Crippen LogP contribution in [0.15, 0.2) is 71.1 Å². The van der Waals surface area contributed by atoms with Crippen LogP contribution >= 0.6 is 0 Å². The van der Waals surface area contributed by atoms with Crippen LogP contribution in [0.5, 0.6) is 11.5 Å². The molecule has 3 aromatic carbocycles. The summed E-state index contributed by atoms with van der Waals surface area (Å²) in [5.41, 5.74) is 3.51. The van der Waals surface area contributed by atoms with E-state index in [1.54, 1.807) is 32.4 Å². The molecule has 4 rings (SSSR count). The summed E-state index contributed by atoms with van der Waals surface area (Å²) in [6.45, 7) is 0. The normalized spacial score (nSPS) is 11.1. The summed E-state index contributed by atoms with van der Waals surface area (Å²) in [6.07, 6.45) is 3.91. The van der Waals surface area contributed by atoms with Gasteiger partial charge in [-0.05, 0) is 66.2 Å². The molecule has 0 fully saturated rings. The summed E-state index contributed by atoms with van der Waals surface area (Å²) in [5.74, 6) is 1.22. The van der Waals surface area contributed by atoms with Gasteiger partial charge in [0.05, 0.1) is 19.8 Å². The van der Waals surface area contributed by atoms with E-state index in [-0.39, 0.29) is 5.56 Å². The highest BCUT2D eigenvalue weighted by atomic mass is 16.5. The average Bonchev–Trinajstić information content (AvgIpc) is 3.15. The van der Waals surface area contributed by atoms with Gasteiger partial charge in [-0.3, -0.25) is 0 Å². The van der Waals surface area contributed by atoms with Crippen LogP contribution in [0.25, 0.3) is 34.4 Å². The van der Waals surface area contributed by atoms with Gasteiger partial charge in [-0.15, -0.1) is 0 Å². The van der Waals surface area contributed by atoms with E-state index in [1.807, 2.05) is 60.7 Å². The quantitative estimate of drug-likeness (QED) is 0.431. The van der Waals surface area contributed by atoms with Gasteiger partial charge in [-0.2, -0.15) is 0 Å². The monoisotopic (exact) mass is 400 g/mol. The van der Waals surface area contributed by atoms with Crippen LogP contribution < -0.4 is 9.47 Å². The molecule has 5 heteroatoms. The first-order valence-electron chi connectivity index (χ1n) is 9.35. The molecule has 4 aromatic rings. The second kappa shape index (κ2) is 8.17. The zero-order chi connectivity index (χ0) is 21.1. The highest BCUT2D eigenvalue weighted by Gasteiger charge is 2.16. The Hall–Kier alpha value is -3.99. The van der Waals surface area contributed by atoms with Gasteiger partial charge in [-0.1, -0.05) is 18.2 Å². The Bertz CT molecular complexity index is 1220. The highest BCUT2D eigenvalue weighted by Crippen LogP contribution is 2.36. The molecular formula is C25H20O5. The molecule has 0 aliphatic rings. The number of benzene rings is 3. The van der Waals surface area contributed by atoms with Gasteiger partial charge >= 0.3 is 5.97 Å². The summed E-state index contributed by atoms with van der Waals surface area (Å²) in [5, 5.41) is 10.1. The molecule has 0 aliphatic heterocycles. The smallest absolute Gasteiger partial charge is 0.335 e. The van der Waals surface area contributed by atoms with Crippen LogP contribution in [-0.4, -0.2) is 25.3 Å². The van der Waals surface area contributed by atoms with E-state index in [4.69, 9.17) is 13.9 Å². The van der Waals surface area contributed by atoms with Crippen LogP contribution in [0.2, 0.25) is 0 Å². The molecule has 0 saturated carbocycles. The molecule has 0 aliphatic carbocycles. The fourth-order valence-corrected chi connectivity index (χ4v) is 3.27. The molecule has 30 heavy (non-hydrogen) atoms. The Morgan fingerprint density at radius 1 is 0.867 bits per heavy atom. The van der Waals surface area contributed by atoms with Crippen LogP contribution in [0.3, 0.4) is 0 Å². The van der Waals surface area contributed by atoms with Crippen molar-refractivity contribution in [3.8, 4) is 22.8 Å². The minimum atomic E-state index is -0.978. The minimum Gasteiger partial charge on any atom is -0.497 e. The van der Waals surface area contributed by atoms with Gasteiger partial charge in [0.1, 0.15) is 22.8 Å². The van der Waals surface area contributed by atoms with Gasteiger partial charge in [0.15, 0.2) is 0 Å². The number of furan rings is 1. The number of fused-ring (bicyclic) bond motifs is 1. The number of ether oxygens (including phenoxy) is 2. The summed E-state index contributed by atoms with van der Waals surface area (Å²) in [7, 11) is 3.25. The highest BCUT2D eigenvalue weighted by molar-refractivity contribution is 6.00. The first-order valence-corrected chi connectivity index (χ1v) is 9.35. The molecule has 0 radical (unpaired) electrons. The summed E-state index contributed by atoms with van der Waals surface area (Å²) < 4.78 is 16.6. The molecule has 0 bridgehead atoms. The van der Waals surface area contributed by atoms with Crippen molar-refractivity contribution in [3.63, 3.8) is 0 Å². The molecule has 0 spiro atoms. The molecule has 0 amide bonds. The van der Waals surface area contributed by atoms with Gasteiger partial charge in [-0.25, -0.2) is 4.79 Å². The fourth-order valence-electron chi connectivity index (χ4n) is 3.27. The van der Waals surface area contributed by atoms with Gasteiger partial charge < -0.3 is 19.0 Å². The van der Waals surface area contributed by atoms with E-state index in [9.17, 15) is 9.90 Å². The van der Waals surface area contributed by atoms with Crippen molar-refractivity contribution in [2.75, 3.05) is 14.2 Å². The van der Waals surface area contributed by atoms with E-state index < -0.39 is 5.97 Å². The van der Waals surface area contributed by atoms with Crippen LogP contribution in [-0.2, 0) is 0 Å². The largest absolute Gasteiger partial charge is 0.497 e. The van der Waals surface area contributed by atoms with Crippen molar-refractivity contribution < 1.29 is 23.8 Å². The van der Waals surface area contributed by atoms with E-state index in [0.717, 1.165) is 33.6 Å². The first-order chi connectivity index (χ1) is 14.6. The predicted molar refractivity (Wildman–Crippen MR) is 117 cm³/mol. The lowest BCUT2D eigenvalue weighted by Crippen LogP contribution is -1.94. The molecular weight excluding hydrogens is 380 g/mol. The maximum atomic E-state index is 11.5. The van der Waals surface area contributed by atoms with Crippen molar-refractivity contribution in [1.29, 1.82) is 0 Å². The Labute approximate surface area is 173 Å². The Balaban J connectivity index is 1.84.